The van der Waals surface area contributed by atoms with Gasteiger partial charge in [-0.05, 0) is 20.8 Å². The Morgan fingerprint density at radius 1 is 1.55 bits per heavy atom. The molecule has 1 heterocycles. The fourth-order valence-corrected chi connectivity index (χ4v) is 2.11. The predicted octanol–water partition coefficient (Wildman–Crippen LogP) is 1.80. The molecule has 3 heteroatoms. The van der Waals surface area contributed by atoms with Gasteiger partial charge < -0.3 is 4.74 Å². The van der Waals surface area contributed by atoms with Crippen LogP contribution in [0.5, 0.6) is 0 Å². The Hall–Kier alpha value is -0.310. The number of rotatable bonds is 1. The van der Waals surface area contributed by atoms with Gasteiger partial charge in [0.05, 0.1) is 28.6 Å². The second kappa shape index (κ2) is 2.97. The molecule has 0 saturated heterocycles. The molecule has 0 aromatic heterocycles. The van der Waals surface area contributed by atoms with Gasteiger partial charge in [0.2, 0.25) is 0 Å². The Balaban J connectivity index is 2.68. The molecular formula is C8H14O2S. The van der Waals surface area contributed by atoms with Crippen LogP contribution in [0.1, 0.15) is 27.2 Å². The highest BCUT2D eigenvalue weighted by Crippen LogP contribution is 2.23. The Kier molecular flexibility index (Phi) is 2.37. The van der Waals surface area contributed by atoms with Gasteiger partial charge >= 0.3 is 0 Å². The molecule has 1 atom stereocenters. The maximum atomic E-state index is 11.6. The smallest absolute Gasteiger partial charge is 0.0951 e. The largest absolute Gasteiger partial charge is 0.500 e. The standard InChI is InChI=1S/C8H14O2S/c1-8(2,3)11(9)7-4-5-10-6-7/h6H,4-5H2,1-3H3. The molecule has 0 aromatic carbocycles. The fraction of sp³-hybridized carbons (Fsp3) is 0.750. The second-order valence-corrected chi connectivity index (χ2v) is 5.87. The molecule has 0 aromatic rings. The Morgan fingerprint density at radius 2 is 2.18 bits per heavy atom. The first-order valence-corrected chi connectivity index (χ1v) is 4.89. The maximum absolute atomic E-state index is 11.6. The Labute approximate surface area is 70.1 Å². The van der Waals surface area contributed by atoms with Crippen LogP contribution in [-0.2, 0) is 15.5 Å². The van der Waals surface area contributed by atoms with Gasteiger partial charge in [-0.15, -0.1) is 0 Å². The summed E-state index contributed by atoms with van der Waals surface area (Å²) in [5.41, 5.74) is 0. The van der Waals surface area contributed by atoms with Crippen LogP contribution in [0.4, 0.5) is 0 Å². The highest BCUT2D eigenvalue weighted by Gasteiger charge is 2.25. The predicted molar refractivity (Wildman–Crippen MR) is 46.5 cm³/mol. The van der Waals surface area contributed by atoms with Gasteiger partial charge in [-0.1, -0.05) is 0 Å². The molecule has 0 spiro atoms. The molecule has 0 aliphatic carbocycles. The first kappa shape index (κ1) is 8.78. The average Bonchev–Trinajstić information content (AvgIpc) is 2.34. The molecule has 2 nitrogen and oxygen atoms in total. The molecule has 1 aliphatic rings. The van der Waals surface area contributed by atoms with Crippen molar-refractivity contribution in [2.45, 2.75) is 31.9 Å². The highest BCUT2D eigenvalue weighted by atomic mass is 32.2. The molecule has 0 radical (unpaired) electrons. The third-order valence-electron chi connectivity index (χ3n) is 1.48. The van der Waals surface area contributed by atoms with E-state index in [2.05, 4.69) is 0 Å². The van der Waals surface area contributed by atoms with E-state index in [1.54, 1.807) is 6.26 Å². The molecule has 0 fully saturated rings. The molecule has 1 unspecified atom stereocenters. The van der Waals surface area contributed by atoms with Gasteiger partial charge in [-0.2, -0.15) is 0 Å². The van der Waals surface area contributed by atoms with Crippen LogP contribution in [0.25, 0.3) is 0 Å². The zero-order valence-corrected chi connectivity index (χ0v) is 8.03. The monoisotopic (exact) mass is 174 g/mol. The lowest BCUT2D eigenvalue weighted by molar-refractivity contribution is 0.281. The number of hydrogen-bond donors (Lipinski definition) is 0. The van der Waals surface area contributed by atoms with E-state index in [1.807, 2.05) is 20.8 Å². The van der Waals surface area contributed by atoms with Crippen LogP contribution in [0.2, 0.25) is 0 Å². The van der Waals surface area contributed by atoms with E-state index in [9.17, 15) is 4.21 Å². The van der Waals surface area contributed by atoms with Gasteiger partial charge in [-0.25, -0.2) is 0 Å². The minimum Gasteiger partial charge on any atom is -0.500 e. The van der Waals surface area contributed by atoms with Crippen molar-refractivity contribution in [2.24, 2.45) is 0 Å². The summed E-state index contributed by atoms with van der Waals surface area (Å²) in [7, 11) is -0.877. The minimum atomic E-state index is -0.877. The van der Waals surface area contributed by atoms with Crippen LogP contribution in [0, 0.1) is 0 Å². The van der Waals surface area contributed by atoms with Crippen molar-refractivity contribution in [1.29, 1.82) is 0 Å². The zero-order chi connectivity index (χ0) is 8.48. The molecule has 1 rings (SSSR count). The van der Waals surface area contributed by atoms with Gasteiger partial charge in [0.25, 0.3) is 0 Å². The SMILES string of the molecule is CC(C)(C)S(=O)C1=COCC1. The number of hydrogen-bond acceptors (Lipinski definition) is 2. The molecule has 0 amide bonds. The quantitative estimate of drug-likeness (QED) is 0.606. The lowest BCUT2D eigenvalue weighted by Crippen LogP contribution is -2.22. The van der Waals surface area contributed by atoms with E-state index >= 15 is 0 Å². The molecule has 11 heavy (non-hydrogen) atoms. The summed E-state index contributed by atoms with van der Waals surface area (Å²) in [6, 6.07) is 0. The summed E-state index contributed by atoms with van der Waals surface area (Å²) in [4.78, 5) is 0.942. The van der Waals surface area contributed by atoms with Crippen molar-refractivity contribution in [3.63, 3.8) is 0 Å². The lowest BCUT2D eigenvalue weighted by atomic mass is 10.3. The molecule has 1 aliphatic heterocycles. The van der Waals surface area contributed by atoms with Crippen LogP contribution < -0.4 is 0 Å². The van der Waals surface area contributed by atoms with Crippen LogP contribution >= 0.6 is 0 Å². The van der Waals surface area contributed by atoms with E-state index in [0.717, 1.165) is 11.3 Å². The van der Waals surface area contributed by atoms with Gasteiger partial charge in [0, 0.05) is 11.2 Å². The summed E-state index contributed by atoms with van der Waals surface area (Å²) in [6.07, 6.45) is 2.46. The van der Waals surface area contributed by atoms with Crippen molar-refractivity contribution in [1.82, 2.24) is 0 Å². The molecule has 0 bridgehead atoms. The maximum Gasteiger partial charge on any atom is 0.0951 e. The van der Waals surface area contributed by atoms with Crippen molar-refractivity contribution in [3.05, 3.63) is 11.2 Å². The van der Waals surface area contributed by atoms with Gasteiger partial charge in [0.1, 0.15) is 0 Å². The lowest BCUT2D eigenvalue weighted by Gasteiger charge is -2.17. The molecule has 0 N–H and O–H groups in total. The summed E-state index contributed by atoms with van der Waals surface area (Å²) in [5.74, 6) is 0. The van der Waals surface area contributed by atoms with E-state index < -0.39 is 10.8 Å². The fourth-order valence-electron chi connectivity index (χ4n) is 0.900. The summed E-state index contributed by atoms with van der Waals surface area (Å²) in [5, 5.41) is 0. The van der Waals surface area contributed by atoms with Crippen molar-refractivity contribution in [2.75, 3.05) is 6.61 Å². The van der Waals surface area contributed by atoms with Crippen molar-refractivity contribution >= 4 is 10.8 Å². The summed E-state index contributed by atoms with van der Waals surface area (Å²) < 4.78 is 16.5. The van der Waals surface area contributed by atoms with Crippen LogP contribution in [-0.4, -0.2) is 15.6 Å². The third kappa shape index (κ3) is 2.06. The summed E-state index contributed by atoms with van der Waals surface area (Å²) >= 11 is 0. The Bertz CT molecular complexity index is 201. The summed E-state index contributed by atoms with van der Waals surface area (Å²) in [6.45, 7) is 6.62. The minimum absolute atomic E-state index is 0.153. The van der Waals surface area contributed by atoms with Gasteiger partial charge in [0.15, 0.2) is 0 Å². The average molecular weight is 174 g/mol. The molecule has 0 saturated carbocycles. The first-order valence-electron chi connectivity index (χ1n) is 3.74. The normalized spacial score (nSPS) is 20.8. The van der Waals surface area contributed by atoms with E-state index in [-0.39, 0.29) is 4.75 Å². The first-order chi connectivity index (χ1) is 5.02. The second-order valence-electron chi connectivity index (χ2n) is 3.59. The van der Waals surface area contributed by atoms with Crippen LogP contribution in [0.3, 0.4) is 0 Å². The topological polar surface area (TPSA) is 26.3 Å². The van der Waals surface area contributed by atoms with E-state index in [1.165, 1.54) is 0 Å². The van der Waals surface area contributed by atoms with E-state index in [4.69, 9.17) is 4.74 Å². The van der Waals surface area contributed by atoms with Crippen LogP contribution in [0.15, 0.2) is 11.2 Å². The third-order valence-corrected chi connectivity index (χ3v) is 3.36. The Morgan fingerprint density at radius 3 is 2.55 bits per heavy atom. The molecular weight excluding hydrogens is 160 g/mol. The van der Waals surface area contributed by atoms with Crippen molar-refractivity contribution < 1.29 is 8.95 Å². The zero-order valence-electron chi connectivity index (χ0n) is 7.22. The molecule has 64 valence electrons. The van der Waals surface area contributed by atoms with Crippen molar-refractivity contribution in [3.8, 4) is 0 Å². The highest BCUT2D eigenvalue weighted by molar-refractivity contribution is 7.90. The van der Waals surface area contributed by atoms with Gasteiger partial charge in [-0.3, -0.25) is 4.21 Å². The van der Waals surface area contributed by atoms with E-state index in [0.29, 0.717) is 6.61 Å². The number of ether oxygens (including phenoxy) is 1.